The number of hydrogen-bond donors (Lipinski definition) is 2. The molecule has 2 aromatic heterocycles. The second-order valence-corrected chi connectivity index (χ2v) is 5.38. The number of nitrogens with zero attached hydrogens (tertiary/aromatic N) is 4. The van der Waals surface area contributed by atoms with Crippen molar-refractivity contribution in [2.24, 2.45) is 0 Å². The largest absolute Gasteiger partial charge is 0.361 e. The fraction of sp³-hybridized carbons (Fsp3) is 0.429. The van der Waals surface area contributed by atoms with Crippen LogP contribution in [-0.4, -0.2) is 40.2 Å². The van der Waals surface area contributed by atoms with Gasteiger partial charge >= 0.3 is 0 Å². The first-order valence-corrected chi connectivity index (χ1v) is 6.97. The quantitative estimate of drug-likeness (QED) is 0.881. The molecule has 1 aliphatic carbocycles. The molecule has 3 rings (SSSR count). The van der Waals surface area contributed by atoms with Crippen LogP contribution in [0.15, 0.2) is 18.6 Å². The number of fused-ring (bicyclic) bond motifs is 1. The van der Waals surface area contributed by atoms with Gasteiger partial charge < -0.3 is 10.2 Å². The third-order valence-corrected chi connectivity index (χ3v) is 3.67. The zero-order chi connectivity index (χ0) is 14.8. The summed E-state index contributed by atoms with van der Waals surface area (Å²) in [6, 6.07) is -0.0286. The van der Waals surface area contributed by atoms with Crippen molar-refractivity contribution in [2.75, 3.05) is 19.0 Å². The molecule has 110 valence electrons. The van der Waals surface area contributed by atoms with Crippen LogP contribution in [-0.2, 0) is 6.42 Å². The minimum atomic E-state index is -0.208. The molecule has 2 heterocycles. The van der Waals surface area contributed by atoms with Gasteiger partial charge in [0.1, 0.15) is 11.5 Å². The molecule has 0 radical (unpaired) electrons. The van der Waals surface area contributed by atoms with E-state index in [0.717, 1.165) is 30.8 Å². The van der Waals surface area contributed by atoms with Crippen molar-refractivity contribution in [3.05, 3.63) is 35.5 Å². The van der Waals surface area contributed by atoms with E-state index < -0.39 is 0 Å². The van der Waals surface area contributed by atoms with Crippen molar-refractivity contribution >= 4 is 11.7 Å². The Morgan fingerprint density at radius 2 is 2.19 bits per heavy atom. The number of rotatable bonds is 3. The third kappa shape index (κ3) is 2.72. The van der Waals surface area contributed by atoms with E-state index in [1.54, 1.807) is 6.20 Å². The monoisotopic (exact) mass is 286 g/mol. The summed E-state index contributed by atoms with van der Waals surface area (Å²) in [6.07, 6.45) is 7.89. The summed E-state index contributed by atoms with van der Waals surface area (Å²) in [5.74, 6) is 0.514. The van der Waals surface area contributed by atoms with Gasteiger partial charge in [-0.2, -0.15) is 5.10 Å². The van der Waals surface area contributed by atoms with Gasteiger partial charge in [-0.3, -0.25) is 9.89 Å². The first-order valence-electron chi connectivity index (χ1n) is 6.97. The summed E-state index contributed by atoms with van der Waals surface area (Å²) in [5, 5.41) is 10.0. The molecule has 2 N–H and O–H groups in total. The summed E-state index contributed by atoms with van der Waals surface area (Å²) in [7, 11) is 3.76. The van der Waals surface area contributed by atoms with Gasteiger partial charge in [0, 0.05) is 14.1 Å². The lowest BCUT2D eigenvalue weighted by molar-refractivity contribution is 0.0926. The van der Waals surface area contributed by atoms with E-state index in [-0.39, 0.29) is 11.9 Å². The van der Waals surface area contributed by atoms with Gasteiger partial charge in [-0.25, -0.2) is 9.97 Å². The Morgan fingerprint density at radius 1 is 1.33 bits per heavy atom. The number of hydrogen-bond acceptors (Lipinski definition) is 5. The normalized spacial score (nSPS) is 17.1. The highest BCUT2D eigenvalue weighted by Crippen LogP contribution is 2.27. The molecule has 0 aliphatic heterocycles. The van der Waals surface area contributed by atoms with E-state index in [4.69, 9.17) is 0 Å². The number of carbonyl (C=O) groups is 1. The van der Waals surface area contributed by atoms with Crippen LogP contribution in [0, 0.1) is 0 Å². The van der Waals surface area contributed by atoms with E-state index in [2.05, 4.69) is 25.5 Å². The maximum Gasteiger partial charge on any atom is 0.272 e. The van der Waals surface area contributed by atoms with Gasteiger partial charge in [0.05, 0.1) is 30.3 Å². The molecule has 7 heteroatoms. The van der Waals surface area contributed by atoms with Crippen molar-refractivity contribution in [1.82, 2.24) is 25.5 Å². The van der Waals surface area contributed by atoms with Crippen LogP contribution in [0.4, 0.5) is 5.82 Å². The zero-order valence-electron chi connectivity index (χ0n) is 12.1. The Morgan fingerprint density at radius 3 is 2.90 bits per heavy atom. The molecule has 1 aliphatic rings. The maximum atomic E-state index is 12.3. The van der Waals surface area contributed by atoms with Crippen LogP contribution in [0.5, 0.6) is 0 Å². The lowest BCUT2D eigenvalue weighted by Gasteiger charge is -2.22. The molecule has 0 saturated carbocycles. The Bertz CT molecular complexity index is 633. The second-order valence-electron chi connectivity index (χ2n) is 5.38. The zero-order valence-corrected chi connectivity index (χ0v) is 12.1. The van der Waals surface area contributed by atoms with Crippen LogP contribution < -0.4 is 10.2 Å². The Balaban J connectivity index is 1.73. The predicted octanol–water partition coefficient (Wildman–Crippen LogP) is 1.07. The molecule has 0 bridgehead atoms. The number of carbonyl (C=O) groups excluding carboxylic acids is 1. The van der Waals surface area contributed by atoms with Gasteiger partial charge in [-0.1, -0.05) is 0 Å². The molecular formula is C14H18N6O. The van der Waals surface area contributed by atoms with E-state index in [0.29, 0.717) is 5.69 Å². The molecule has 7 nitrogen and oxygen atoms in total. The number of amides is 1. The molecular weight excluding hydrogens is 268 g/mol. The third-order valence-electron chi connectivity index (χ3n) is 3.67. The molecule has 0 unspecified atom stereocenters. The molecule has 0 spiro atoms. The maximum absolute atomic E-state index is 12.3. The fourth-order valence-electron chi connectivity index (χ4n) is 2.51. The lowest BCUT2D eigenvalue weighted by Crippen LogP contribution is -2.31. The smallest absolute Gasteiger partial charge is 0.272 e. The second kappa shape index (κ2) is 5.51. The lowest BCUT2D eigenvalue weighted by atomic mass is 9.93. The van der Waals surface area contributed by atoms with Crippen molar-refractivity contribution in [2.45, 2.75) is 25.3 Å². The van der Waals surface area contributed by atoms with Crippen LogP contribution in [0.25, 0.3) is 0 Å². The summed E-state index contributed by atoms with van der Waals surface area (Å²) in [5.41, 5.74) is 2.51. The molecule has 21 heavy (non-hydrogen) atoms. The van der Waals surface area contributed by atoms with Crippen molar-refractivity contribution in [3.63, 3.8) is 0 Å². The average molecular weight is 286 g/mol. The highest BCUT2D eigenvalue weighted by Gasteiger charge is 2.24. The number of aromatic nitrogens is 4. The molecule has 0 aromatic carbocycles. The topological polar surface area (TPSA) is 86.8 Å². The minimum absolute atomic E-state index is 0.0286. The molecule has 1 amide bonds. The first kappa shape index (κ1) is 13.5. The number of H-pyrrole nitrogens is 1. The van der Waals surface area contributed by atoms with Gasteiger partial charge in [0.2, 0.25) is 0 Å². The van der Waals surface area contributed by atoms with Gasteiger partial charge in [0.15, 0.2) is 0 Å². The van der Waals surface area contributed by atoms with Crippen molar-refractivity contribution in [3.8, 4) is 0 Å². The first-order chi connectivity index (χ1) is 10.1. The number of aromatic amines is 1. The van der Waals surface area contributed by atoms with Crippen LogP contribution >= 0.6 is 0 Å². The number of nitrogens with one attached hydrogen (secondary N) is 2. The summed E-state index contributed by atoms with van der Waals surface area (Å²) >= 11 is 0. The van der Waals surface area contributed by atoms with E-state index >= 15 is 0 Å². The summed E-state index contributed by atoms with van der Waals surface area (Å²) < 4.78 is 0. The predicted molar refractivity (Wildman–Crippen MR) is 78.1 cm³/mol. The minimum Gasteiger partial charge on any atom is -0.361 e. The standard InChI is InChI=1S/C14H18N6O/c1-20(2)12-8-15-11(7-16-12)14(21)18-10-5-3-4-9-6-17-19-13(9)10/h6-8,10H,3-5H2,1-2H3,(H,17,19)(H,18,21)/t10-/m0/s1. The van der Waals surface area contributed by atoms with Crippen molar-refractivity contribution in [1.29, 1.82) is 0 Å². The number of aryl methyl sites for hydroxylation is 1. The molecule has 0 fully saturated rings. The van der Waals surface area contributed by atoms with Crippen LogP contribution in [0.2, 0.25) is 0 Å². The molecule has 1 atom stereocenters. The van der Waals surface area contributed by atoms with Gasteiger partial charge in [-0.15, -0.1) is 0 Å². The Labute approximate surface area is 122 Å². The highest BCUT2D eigenvalue weighted by molar-refractivity contribution is 5.92. The summed E-state index contributed by atoms with van der Waals surface area (Å²) in [6.45, 7) is 0. The Hall–Kier alpha value is -2.44. The van der Waals surface area contributed by atoms with E-state index in [1.165, 1.54) is 11.8 Å². The molecule has 2 aromatic rings. The molecule has 0 saturated heterocycles. The number of anilines is 1. The van der Waals surface area contributed by atoms with Crippen molar-refractivity contribution < 1.29 is 4.79 Å². The fourth-order valence-corrected chi connectivity index (χ4v) is 2.51. The Kier molecular flexibility index (Phi) is 3.55. The highest BCUT2D eigenvalue weighted by atomic mass is 16.1. The van der Waals surface area contributed by atoms with E-state index in [9.17, 15) is 4.79 Å². The summed E-state index contributed by atoms with van der Waals surface area (Å²) in [4.78, 5) is 22.5. The van der Waals surface area contributed by atoms with E-state index in [1.807, 2.05) is 25.2 Å². The average Bonchev–Trinajstić information content (AvgIpc) is 2.97. The van der Waals surface area contributed by atoms with Gasteiger partial charge in [0.25, 0.3) is 5.91 Å². The van der Waals surface area contributed by atoms with Gasteiger partial charge in [-0.05, 0) is 24.8 Å². The SMILES string of the molecule is CN(C)c1cnc(C(=O)N[C@H]2CCCc3cn[nH]c32)cn1. The van der Waals surface area contributed by atoms with Crippen LogP contribution in [0.3, 0.4) is 0 Å². The van der Waals surface area contributed by atoms with Crippen LogP contribution in [0.1, 0.15) is 40.6 Å².